The first kappa shape index (κ1) is 16.7. The summed E-state index contributed by atoms with van der Waals surface area (Å²) in [5.41, 5.74) is 3.06. The Balaban J connectivity index is 1.72. The zero-order valence-corrected chi connectivity index (χ0v) is 14.2. The maximum atomic E-state index is 12.2. The molecular formula is C18H24N4O2. The number of benzene rings is 1. The highest BCUT2D eigenvalue weighted by atomic mass is 16.5. The molecule has 0 bridgehead atoms. The molecule has 1 aromatic carbocycles. The van der Waals surface area contributed by atoms with Crippen LogP contribution in [-0.4, -0.2) is 41.5 Å². The Labute approximate surface area is 142 Å². The zero-order chi connectivity index (χ0) is 16.9. The number of hydrogen-bond acceptors (Lipinski definition) is 4. The summed E-state index contributed by atoms with van der Waals surface area (Å²) in [5, 5.41) is 10.9. The van der Waals surface area contributed by atoms with Gasteiger partial charge < -0.3 is 15.4 Å². The summed E-state index contributed by atoms with van der Waals surface area (Å²) >= 11 is 0. The molecule has 1 aromatic heterocycles. The van der Waals surface area contributed by atoms with Gasteiger partial charge in [0.15, 0.2) is 0 Å². The minimum absolute atomic E-state index is 0.0307. The van der Waals surface area contributed by atoms with Crippen LogP contribution < -0.4 is 10.6 Å². The average molecular weight is 328 g/mol. The van der Waals surface area contributed by atoms with Gasteiger partial charge in [-0.3, -0.25) is 4.79 Å². The fourth-order valence-electron chi connectivity index (χ4n) is 2.80. The van der Waals surface area contributed by atoms with Gasteiger partial charge in [-0.25, -0.2) is 4.68 Å². The summed E-state index contributed by atoms with van der Waals surface area (Å²) in [5.74, 6) is 0.259. The molecule has 2 aromatic rings. The minimum atomic E-state index is -0.273. The van der Waals surface area contributed by atoms with Crippen molar-refractivity contribution in [1.82, 2.24) is 20.4 Å². The molecule has 1 aliphatic rings. The van der Waals surface area contributed by atoms with Gasteiger partial charge in [-0.1, -0.05) is 32.0 Å². The number of para-hydroxylation sites is 1. The van der Waals surface area contributed by atoms with Gasteiger partial charge in [-0.15, -0.1) is 0 Å². The highest BCUT2D eigenvalue weighted by molar-refractivity contribution is 5.82. The highest BCUT2D eigenvalue weighted by Gasteiger charge is 2.21. The Morgan fingerprint density at radius 3 is 2.88 bits per heavy atom. The maximum absolute atomic E-state index is 12.2. The van der Waals surface area contributed by atoms with Crippen LogP contribution in [-0.2, 0) is 16.1 Å². The van der Waals surface area contributed by atoms with Crippen molar-refractivity contribution < 1.29 is 9.53 Å². The van der Waals surface area contributed by atoms with E-state index in [1.165, 1.54) is 0 Å². The standard InChI is InChI=1S/C18H24N4O2/c1-13(2)17-14(10-20-18(23)16-12-24-9-8-19-16)11-22(21-17)15-6-4-3-5-7-15/h3-7,11,13,16,19H,8-10,12H2,1-2H3,(H,20,23). The Morgan fingerprint density at radius 1 is 1.42 bits per heavy atom. The van der Waals surface area contributed by atoms with Crippen molar-refractivity contribution in [2.75, 3.05) is 19.8 Å². The molecule has 2 N–H and O–H groups in total. The van der Waals surface area contributed by atoms with E-state index in [9.17, 15) is 4.79 Å². The van der Waals surface area contributed by atoms with Crippen molar-refractivity contribution in [3.63, 3.8) is 0 Å². The van der Waals surface area contributed by atoms with Crippen LogP contribution in [0.3, 0.4) is 0 Å². The molecule has 128 valence electrons. The van der Waals surface area contributed by atoms with E-state index in [1.807, 2.05) is 41.2 Å². The van der Waals surface area contributed by atoms with Crippen LogP contribution in [0.25, 0.3) is 5.69 Å². The summed E-state index contributed by atoms with van der Waals surface area (Å²) < 4.78 is 7.21. The Bertz CT molecular complexity index is 676. The normalized spacial score (nSPS) is 17.9. The lowest BCUT2D eigenvalue weighted by Crippen LogP contribution is -2.51. The molecule has 1 saturated heterocycles. The van der Waals surface area contributed by atoms with Gasteiger partial charge in [0, 0.05) is 24.8 Å². The number of hydrogen-bond donors (Lipinski definition) is 2. The van der Waals surface area contributed by atoms with Crippen LogP contribution in [0.1, 0.15) is 31.0 Å². The highest BCUT2D eigenvalue weighted by Crippen LogP contribution is 2.20. The number of nitrogens with one attached hydrogen (secondary N) is 2. The molecule has 1 atom stereocenters. The second-order valence-corrected chi connectivity index (χ2v) is 6.27. The molecule has 1 unspecified atom stereocenters. The van der Waals surface area contributed by atoms with E-state index in [-0.39, 0.29) is 17.9 Å². The maximum Gasteiger partial charge on any atom is 0.239 e. The second kappa shape index (κ2) is 7.59. The Kier molecular flexibility index (Phi) is 5.27. The van der Waals surface area contributed by atoms with Crippen molar-refractivity contribution in [1.29, 1.82) is 0 Å². The van der Waals surface area contributed by atoms with E-state index < -0.39 is 0 Å². The summed E-state index contributed by atoms with van der Waals surface area (Å²) in [6, 6.07) is 9.72. The first-order valence-corrected chi connectivity index (χ1v) is 8.38. The third-order valence-corrected chi connectivity index (χ3v) is 4.08. The number of carbonyl (C=O) groups excluding carboxylic acids is 1. The van der Waals surface area contributed by atoms with Crippen LogP contribution >= 0.6 is 0 Å². The third kappa shape index (κ3) is 3.83. The van der Waals surface area contributed by atoms with Crippen LogP contribution in [0.4, 0.5) is 0 Å². The predicted octanol–water partition coefficient (Wildman–Crippen LogP) is 1.60. The fourth-order valence-corrected chi connectivity index (χ4v) is 2.80. The second-order valence-electron chi connectivity index (χ2n) is 6.27. The molecule has 3 rings (SSSR count). The Hall–Kier alpha value is -2.18. The SMILES string of the molecule is CC(C)c1nn(-c2ccccc2)cc1CNC(=O)C1COCCN1. The topological polar surface area (TPSA) is 68.2 Å². The van der Waals surface area contributed by atoms with Gasteiger partial charge in [0.2, 0.25) is 5.91 Å². The van der Waals surface area contributed by atoms with Gasteiger partial charge >= 0.3 is 0 Å². The number of nitrogens with zero attached hydrogens (tertiary/aromatic N) is 2. The van der Waals surface area contributed by atoms with E-state index in [0.717, 1.165) is 16.9 Å². The molecule has 0 spiro atoms. The number of morpholine rings is 1. The lowest BCUT2D eigenvalue weighted by Gasteiger charge is -2.22. The molecular weight excluding hydrogens is 304 g/mol. The molecule has 1 fully saturated rings. The van der Waals surface area contributed by atoms with Crippen LogP contribution in [0.2, 0.25) is 0 Å². The fraction of sp³-hybridized carbons (Fsp3) is 0.444. The first-order chi connectivity index (χ1) is 11.6. The number of rotatable bonds is 5. The molecule has 1 aliphatic heterocycles. The summed E-state index contributed by atoms with van der Waals surface area (Å²) in [7, 11) is 0. The summed E-state index contributed by atoms with van der Waals surface area (Å²) in [4.78, 5) is 12.2. The number of amides is 1. The molecule has 24 heavy (non-hydrogen) atoms. The van der Waals surface area contributed by atoms with Crippen LogP contribution in [0.5, 0.6) is 0 Å². The number of carbonyl (C=O) groups is 1. The molecule has 1 amide bonds. The van der Waals surface area contributed by atoms with Gasteiger partial charge in [0.05, 0.1) is 24.6 Å². The van der Waals surface area contributed by atoms with Gasteiger partial charge in [0.25, 0.3) is 0 Å². The Morgan fingerprint density at radius 2 is 2.21 bits per heavy atom. The number of aromatic nitrogens is 2. The molecule has 0 aliphatic carbocycles. The van der Waals surface area contributed by atoms with E-state index in [4.69, 9.17) is 9.84 Å². The van der Waals surface area contributed by atoms with Crippen molar-refractivity contribution in [3.05, 3.63) is 47.8 Å². The molecule has 2 heterocycles. The predicted molar refractivity (Wildman–Crippen MR) is 92.1 cm³/mol. The smallest absolute Gasteiger partial charge is 0.239 e. The van der Waals surface area contributed by atoms with Crippen molar-refractivity contribution in [2.24, 2.45) is 0 Å². The first-order valence-electron chi connectivity index (χ1n) is 8.38. The molecule has 0 saturated carbocycles. The van der Waals surface area contributed by atoms with Gasteiger partial charge in [0.1, 0.15) is 6.04 Å². The average Bonchev–Trinajstić information content (AvgIpc) is 3.06. The monoisotopic (exact) mass is 328 g/mol. The number of ether oxygens (including phenoxy) is 1. The lowest BCUT2D eigenvalue weighted by molar-refractivity contribution is -0.126. The summed E-state index contributed by atoms with van der Waals surface area (Å²) in [6.07, 6.45) is 2.00. The summed E-state index contributed by atoms with van der Waals surface area (Å²) in [6.45, 7) is 6.48. The van der Waals surface area contributed by atoms with Crippen molar-refractivity contribution in [2.45, 2.75) is 32.4 Å². The zero-order valence-electron chi connectivity index (χ0n) is 14.2. The lowest BCUT2D eigenvalue weighted by atomic mass is 10.1. The van der Waals surface area contributed by atoms with Crippen molar-refractivity contribution >= 4 is 5.91 Å². The minimum Gasteiger partial charge on any atom is -0.378 e. The van der Waals surface area contributed by atoms with E-state index in [2.05, 4.69) is 24.5 Å². The van der Waals surface area contributed by atoms with Crippen molar-refractivity contribution in [3.8, 4) is 5.69 Å². The quantitative estimate of drug-likeness (QED) is 0.875. The largest absolute Gasteiger partial charge is 0.378 e. The van der Waals surface area contributed by atoms with Gasteiger partial charge in [-0.2, -0.15) is 5.10 Å². The third-order valence-electron chi connectivity index (χ3n) is 4.08. The molecule has 0 radical (unpaired) electrons. The van der Waals surface area contributed by atoms with Gasteiger partial charge in [-0.05, 0) is 18.1 Å². The van der Waals surface area contributed by atoms with E-state index in [0.29, 0.717) is 26.3 Å². The molecule has 6 heteroatoms. The van der Waals surface area contributed by atoms with Crippen LogP contribution in [0.15, 0.2) is 36.5 Å². The van der Waals surface area contributed by atoms with E-state index >= 15 is 0 Å². The van der Waals surface area contributed by atoms with E-state index in [1.54, 1.807) is 0 Å². The van der Waals surface area contributed by atoms with Crippen LogP contribution in [0, 0.1) is 0 Å². The molecule has 6 nitrogen and oxygen atoms in total.